The number of sulfonamides is 1. The van der Waals surface area contributed by atoms with Gasteiger partial charge in [0.15, 0.2) is 5.78 Å². The van der Waals surface area contributed by atoms with Crippen LogP contribution in [0.3, 0.4) is 0 Å². The van der Waals surface area contributed by atoms with Gasteiger partial charge in [-0.2, -0.15) is 4.31 Å². The van der Waals surface area contributed by atoms with E-state index in [1.807, 2.05) is 6.07 Å². The van der Waals surface area contributed by atoms with Crippen molar-refractivity contribution >= 4 is 26.8 Å². The second-order valence-electron chi connectivity index (χ2n) is 7.59. The Bertz CT molecular complexity index is 1330. The minimum Gasteiger partial charge on any atom is -0.294 e. The van der Waals surface area contributed by atoms with Gasteiger partial charge in [0.2, 0.25) is 10.0 Å². The fraction of sp³-hybridized carbons (Fsp3) is 0.333. The van der Waals surface area contributed by atoms with E-state index in [0.717, 1.165) is 19.0 Å². The predicted octanol–water partition coefficient (Wildman–Crippen LogP) is 1.82. The normalized spacial score (nSPS) is 18.0. The number of hydrogen-bond acceptors (Lipinski definition) is 6. The molecular formula is C21H22N4O5S. The quantitative estimate of drug-likeness (QED) is 0.579. The summed E-state index contributed by atoms with van der Waals surface area (Å²) in [4.78, 5) is 44.6. The number of H-pyrrole nitrogens is 2. The van der Waals surface area contributed by atoms with Crippen molar-refractivity contribution in [3.05, 3.63) is 69.0 Å². The SMILES string of the molecule is O=C(CC1CCCCCN1S(=O)(=O)c1cnc2[nH]c(=O)[nH]c(=O)c2c1)c1ccccc1. The van der Waals surface area contributed by atoms with Crippen molar-refractivity contribution < 1.29 is 13.2 Å². The van der Waals surface area contributed by atoms with E-state index < -0.39 is 27.3 Å². The van der Waals surface area contributed by atoms with Gasteiger partial charge < -0.3 is 0 Å². The molecule has 0 aliphatic carbocycles. The summed E-state index contributed by atoms with van der Waals surface area (Å²) in [6.07, 6.45) is 4.18. The predicted molar refractivity (Wildman–Crippen MR) is 115 cm³/mol. The van der Waals surface area contributed by atoms with Crippen LogP contribution >= 0.6 is 0 Å². The number of fused-ring (bicyclic) bond motifs is 1. The van der Waals surface area contributed by atoms with Crippen LogP contribution < -0.4 is 11.2 Å². The van der Waals surface area contributed by atoms with Gasteiger partial charge >= 0.3 is 5.69 Å². The maximum Gasteiger partial charge on any atom is 0.327 e. The van der Waals surface area contributed by atoms with Crippen LogP contribution in [0.4, 0.5) is 0 Å². The lowest BCUT2D eigenvalue weighted by atomic mass is 10.0. The van der Waals surface area contributed by atoms with Gasteiger partial charge in [0.1, 0.15) is 10.5 Å². The minimum atomic E-state index is -4.01. The maximum atomic E-state index is 13.5. The lowest BCUT2D eigenvalue weighted by Gasteiger charge is -2.28. The summed E-state index contributed by atoms with van der Waals surface area (Å²) in [5.74, 6) is -0.113. The van der Waals surface area contributed by atoms with Crippen molar-refractivity contribution in [2.45, 2.75) is 43.0 Å². The lowest BCUT2D eigenvalue weighted by molar-refractivity contribution is 0.0952. The fourth-order valence-corrected chi connectivity index (χ4v) is 5.60. The van der Waals surface area contributed by atoms with Crippen LogP contribution in [-0.4, -0.2) is 46.0 Å². The van der Waals surface area contributed by atoms with Crippen molar-refractivity contribution in [2.75, 3.05) is 6.54 Å². The molecule has 0 radical (unpaired) electrons. The number of nitrogens with zero attached hydrogens (tertiary/aromatic N) is 2. The molecule has 1 atom stereocenters. The Labute approximate surface area is 178 Å². The number of ketones is 1. The first kappa shape index (κ1) is 21.1. The number of carbonyl (C=O) groups is 1. The van der Waals surface area contributed by atoms with Crippen molar-refractivity contribution in [3.8, 4) is 0 Å². The number of carbonyl (C=O) groups excluding carboxylic acids is 1. The van der Waals surface area contributed by atoms with E-state index in [9.17, 15) is 22.8 Å². The number of nitrogens with one attached hydrogen (secondary N) is 2. The average molecular weight is 442 g/mol. The molecular weight excluding hydrogens is 420 g/mol. The highest BCUT2D eigenvalue weighted by Crippen LogP contribution is 2.28. The zero-order valence-corrected chi connectivity index (χ0v) is 17.5. The smallest absolute Gasteiger partial charge is 0.294 e. The van der Waals surface area contributed by atoms with Crippen LogP contribution in [-0.2, 0) is 10.0 Å². The Morgan fingerprint density at radius 2 is 1.87 bits per heavy atom. The number of rotatable bonds is 5. The van der Waals surface area contributed by atoms with Crippen molar-refractivity contribution in [3.63, 3.8) is 0 Å². The summed E-state index contributed by atoms with van der Waals surface area (Å²) in [7, 11) is -4.01. The molecule has 3 heterocycles. The molecule has 3 aromatic rings. The number of Topliss-reactive ketones (excluding diaryl/α,β-unsaturated/α-hetero) is 1. The first-order chi connectivity index (χ1) is 14.9. The molecule has 31 heavy (non-hydrogen) atoms. The summed E-state index contributed by atoms with van der Waals surface area (Å²) in [5.41, 5.74) is -0.867. The van der Waals surface area contributed by atoms with Gasteiger partial charge in [-0.15, -0.1) is 0 Å². The third-order valence-corrected chi connectivity index (χ3v) is 7.43. The molecule has 162 valence electrons. The van der Waals surface area contributed by atoms with Gasteiger partial charge in [-0.1, -0.05) is 43.2 Å². The lowest BCUT2D eigenvalue weighted by Crippen LogP contribution is -2.41. The van der Waals surface area contributed by atoms with Gasteiger partial charge in [-0.05, 0) is 18.9 Å². The Hall–Kier alpha value is -3.11. The third kappa shape index (κ3) is 4.35. The Balaban J connectivity index is 1.70. The van der Waals surface area contributed by atoms with Crippen LogP contribution in [0.15, 0.2) is 57.1 Å². The first-order valence-electron chi connectivity index (χ1n) is 10.1. The van der Waals surface area contributed by atoms with Crippen LogP contribution in [0.25, 0.3) is 11.0 Å². The molecule has 1 unspecified atom stereocenters. The molecule has 0 amide bonds. The zero-order chi connectivity index (χ0) is 22.0. The molecule has 2 N–H and O–H groups in total. The molecule has 1 aromatic carbocycles. The molecule has 4 rings (SSSR count). The van der Waals surface area contributed by atoms with Gasteiger partial charge in [-0.25, -0.2) is 18.2 Å². The fourth-order valence-electron chi connectivity index (χ4n) is 3.93. The van der Waals surface area contributed by atoms with Crippen LogP contribution in [0.5, 0.6) is 0 Å². The second kappa shape index (κ2) is 8.56. The van der Waals surface area contributed by atoms with Gasteiger partial charge in [0.25, 0.3) is 5.56 Å². The minimum absolute atomic E-state index is 0.0133. The maximum absolute atomic E-state index is 13.5. The van der Waals surface area contributed by atoms with Gasteiger partial charge in [-0.3, -0.25) is 19.6 Å². The highest BCUT2D eigenvalue weighted by molar-refractivity contribution is 7.89. The molecule has 1 aliphatic heterocycles. The van der Waals surface area contributed by atoms with Crippen molar-refractivity contribution in [1.82, 2.24) is 19.3 Å². The highest BCUT2D eigenvalue weighted by atomic mass is 32.2. The number of benzene rings is 1. The molecule has 1 saturated heterocycles. The van der Waals surface area contributed by atoms with Crippen LogP contribution in [0, 0.1) is 0 Å². The molecule has 1 aliphatic rings. The standard InChI is InChI=1S/C21H22N4O5S/c26-18(14-7-3-1-4-8-14)11-15-9-5-2-6-10-25(15)31(29,30)16-12-17-19(22-13-16)23-21(28)24-20(17)27/h1,3-4,7-8,12-13,15H,2,5-6,9-11H2,(H2,22,23,24,27,28). The van der Waals surface area contributed by atoms with E-state index in [-0.39, 0.29) is 34.7 Å². The van der Waals surface area contributed by atoms with Crippen LogP contribution in [0.1, 0.15) is 42.5 Å². The molecule has 1 fully saturated rings. The first-order valence-corrected chi connectivity index (χ1v) is 11.5. The number of aromatic nitrogens is 3. The van der Waals surface area contributed by atoms with Crippen molar-refractivity contribution in [1.29, 1.82) is 0 Å². The summed E-state index contributed by atoms with van der Waals surface area (Å²) in [6.45, 7) is 0.287. The monoisotopic (exact) mass is 442 g/mol. The average Bonchev–Trinajstić information content (AvgIpc) is 3.00. The van der Waals surface area contributed by atoms with E-state index in [2.05, 4.69) is 15.0 Å². The summed E-state index contributed by atoms with van der Waals surface area (Å²) >= 11 is 0. The Kier molecular flexibility index (Phi) is 5.84. The van der Waals surface area contributed by atoms with E-state index in [1.54, 1.807) is 24.3 Å². The van der Waals surface area contributed by atoms with E-state index >= 15 is 0 Å². The molecule has 0 bridgehead atoms. The molecule has 10 heteroatoms. The van der Waals surface area contributed by atoms with Crippen molar-refractivity contribution in [2.24, 2.45) is 0 Å². The van der Waals surface area contributed by atoms with E-state index in [0.29, 0.717) is 18.4 Å². The molecule has 0 spiro atoms. The molecule has 2 aromatic heterocycles. The zero-order valence-electron chi connectivity index (χ0n) is 16.7. The highest BCUT2D eigenvalue weighted by Gasteiger charge is 2.34. The summed E-state index contributed by atoms with van der Waals surface area (Å²) in [5, 5.41) is -0.0209. The molecule has 0 saturated carbocycles. The van der Waals surface area contributed by atoms with Crippen LogP contribution in [0.2, 0.25) is 0 Å². The van der Waals surface area contributed by atoms with E-state index in [4.69, 9.17) is 0 Å². The summed E-state index contributed by atoms with van der Waals surface area (Å²) in [6, 6.07) is 9.55. The Morgan fingerprint density at radius 1 is 1.10 bits per heavy atom. The third-order valence-electron chi connectivity index (χ3n) is 5.51. The number of hydrogen-bond donors (Lipinski definition) is 2. The number of pyridine rings is 1. The number of aromatic amines is 2. The Morgan fingerprint density at radius 3 is 2.65 bits per heavy atom. The van der Waals surface area contributed by atoms with E-state index in [1.165, 1.54) is 10.4 Å². The summed E-state index contributed by atoms with van der Waals surface area (Å²) < 4.78 is 28.3. The second-order valence-corrected chi connectivity index (χ2v) is 9.48. The molecule has 9 nitrogen and oxygen atoms in total. The topological polar surface area (TPSA) is 133 Å². The van der Waals surface area contributed by atoms with Gasteiger partial charge in [0, 0.05) is 30.8 Å². The van der Waals surface area contributed by atoms with Gasteiger partial charge in [0.05, 0.1) is 5.39 Å². The largest absolute Gasteiger partial charge is 0.327 e.